The average Bonchev–Trinajstić information content (AvgIpc) is 2.59. The van der Waals surface area contributed by atoms with E-state index in [1.165, 1.54) is 13.2 Å². The Morgan fingerprint density at radius 2 is 2.12 bits per heavy atom. The fourth-order valence-corrected chi connectivity index (χ4v) is 2.39. The Balaban J connectivity index is 3.12. The molecule has 134 valence electrons. The van der Waals surface area contributed by atoms with Crippen LogP contribution in [0, 0.1) is 11.3 Å². The first-order chi connectivity index (χ1) is 12.1. The number of carbonyl (C=O) groups excluding carboxylic acids is 1. The van der Waals surface area contributed by atoms with Gasteiger partial charge in [-0.05, 0) is 46.6 Å². The van der Waals surface area contributed by atoms with Gasteiger partial charge in [-0.25, -0.2) is 4.79 Å². The van der Waals surface area contributed by atoms with E-state index in [1.54, 1.807) is 18.2 Å². The van der Waals surface area contributed by atoms with E-state index in [-0.39, 0.29) is 18.8 Å². The maximum atomic E-state index is 11.9. The SMILES string of the molecule is C=CCOc1c(Br)cc(/C=C(\C#N)C(=O)OCCOC)cc1OCC. The molecule has 25 heavy (non-hydrogen) atoms. The number of halogens is 1. The van der Waals surface area contributed by atoms with Crippen LogP contribution >= 0.6 is 15.9 Å². The molecular formula is C18H20BrNO5. The van der Waals surface area contributed by atoms with Gasteiger partial charge in [0, 0.05) is 7.11 Å². The van der Waals surface area contributed by atoms with Crippen LogP contribution in [0.3, 0.4) is 0 Å². The molecule has 0 saturated carbocycles. The van der Waals surface area contributed by atoms with Crippen LogP contribution in [0.15, 0.2) is 34.8 Å². The van der Waals surface area contributed by atoms with E-state index >= 15 is 0 Å². The molecule has 0 aliphatic heterocycles. The number of carbonyl (C=O) groups is 1. The second-order valence-electron chi connectivity index (χ2n) is 4.66. The summed E-state index contributed by atoms with van der Waals surface area (Å²) in [6, 6.07) is 5.25. The molecule has 0 aromatic heterocycles. The molecule has 1 rings (SSSR count). The zero-order valence-corrected chi connectivity index (χ0v) is 15.8. The molecule has 0 aliphatic carbocycles. The number of hydrogen-bond acceptors (Lipinski definition) is 6. The van der Waals surface area contributed by atoms with Gasteiger partial charge in [-0.15, -0.1) is 0 Å². The molecular weight excluding hydrogens is 390 g/mol. The van der Waals surface area contributed by atoms with E-state index in [2.05, 4.69) is 22.5 Å². The molecule has 1 aromatic carbocycles. The van der Waals surface area contributed by atoms with Crippen LogP contribution in [0.5, 0.6) is 11.5 Å². The number of rotatable bonds is 10. The molecule has 0 aliphatic rings. The summed E-state index contributed by atoms with van der Waals surface area (Å²) in [5.74, 6) is 0.315. The Morgan fingerprint density at radius 1 is 1.36 bits per heavy atom. The first kappa shape index (κ1) is 20.7. The molecule has 6 nitrogen and oxygen atoms in total. The van der Waals surface area contributed by atoms with Crippen molar-refractivity contribution in [2.24, 2.45) is 0 Å². The van der Waals surface area contributed by atoms with E-state index in [0.29, 0.717) is 34.7 Å². The quantitative estimate of drug-likeness (QED) is 0.193. The second kappa shape index (κ2) is 11.3. The van der Waals surface area contributed by atoms with Gasteiger partial charge >= 0.3 is 5.97 Å². The fraction of sp³-hybridized carbons (Fsp3) is 0.333. The second-order valence-corrected chi connectivity index (χ2v) is 5.52. The van der Waals surface area contributed by atoms with Crippen LogP contribution < -0.4 is 9.47 Å². The van der Waals surface area contributed by atoms with Crippen LogP contribution in [0.4, 0.5) is 0 Å². The Kier molecular flexibility index (Phi) is 9.37. The number of ether oxygens (including phenoxy) is 4. The molecule has 0 spiro atoms. The maximum Gasteiger partial charge on any atom is 0.348 e. The van der Waals surface area contributed by atoms with E-state index in [1.807, 2.05) is 13.0 Å². The Labute approximate surface area is 155 Å². The van der Waals surface area contributed by atoms with Gasteiger partial charge in [0.2, 0.25) is 0 Å². The van der Waals surface area contributed by atoms with Crippen molar-refractivity contribution in [1.29, 1.82) is 5.26 Å². The summed E-state index contributed by atoms with van der Waals surface area (Å²) in [4.78, 5) is 11.9. The summed E-state index contributed by atoms with van der Waals surface area (Å²) >= 11 is 3.41. The molecule has 0 amide bonds. The van der Waals surface area contributed by atoms with Gasteiger partial charge in [0.05, 0.1) is 17.7 Å². The summed E-state index contributed by atoms with van der Waals surface area (Å²) < 4.78 is 21.6. The highest BCUT2D eigenvalue weighted by molar-refractivity contribution is 9.10. The molecule has 0 atom stereocenters. The molecule has 0 fully saturated rings. The van der Waals surface area contributed by atoms with Crippen molar-refractivity contribution in [1.82, 2.24) is 0 Å². The number of hydrogen-bond donors (Lipinski definition) is 0. The highest BCUT2D eigenvalue weighted by Crippen LogP contribution is 2.37. The number of nitrogens with zero attached hydrogens (tertiary/aromatic N) is 1. The molecule has 0 radical (unpaired) electrons. The summed E-state index contributed by atoms with van der Waals surface area (Å²) in [5.41, 5.74) is 0.478. The van der Waals surface area contributed by atoms with Crippen molar-refractivity contribution in [3.63, 3.8) is 0 Å². The van der Waals surface area contributed by atoms with E-state index in [4.69, 9.17) is 18.9 Å². The summed E-state index contributed by atoms with van der Waals surface area (Å²) in [5, 5.41) is 9.20. The lowest BCUT2D eigenvalue weighted by Crippen LogP contribution is -2.11. The van der Waals surface area contributed by atoms with Crippen LogP contribution in [0.25, 0.3) is 6.08 Å². The van der Waals surface area contributed by atoms with E-state index < -0.39 is 5.97 Å². The predicted molar refractivity (Wildman–Crippen MR) is 97.4 cm³/mol. The van der Waals surface area contributed by atoms with Crippen molar-refractivity contribution in [3.8, 4) is 17.6 Å². The summed E-state index contributed by atoms with van der Waals surface area (Å²) in [6.45, 7) is 6.57. The molecule has 0 heterocycles. The number of benzene rings is 1. The Morgan fingerprint density at radius 3 is 2.72 bits per heavy atom. The molecule has 0 bridgehead atoms. The third-order valence-electron chi connectivity index (χ3n) is 2.85. The minimum Gasteiger partial charge on any atom is -0.490 e. The van der Waals surface area contributed by atoms with Crippen molar-refractivity contribution in [2.75, 3.05) is 33.5 Å². The minimum absolute atomic E-state index is 0.0799. The van der Waals surface area contributed by atoms with Crippen molar-refractivity contribution in [3.05, 3.63) is 40.4 Å². The van der Waals surface area contributed by atoms with Crippen LogP contribution in [-0.2, 0) is 14.3 Å². The normalized spacial score (nSPS) is 10.7. The summed E-state index contributed by atoms with van der Waals surface area (Å²) in [7, 11) is 1.50. The first-order valence-corrected chi connectivity index (χ1v) is 8.34. The third kappa shape index (κ3) is 6.61. The monoisotopic (exact) mass is 409 g/mol. The lowest BCUT2D eigenvalue weighted by Gasteiger charge is -2.13. The number of methoxy groups -OCH3 is 1. The predicted octanol–water partition coefficient (Wildman–Crippen LogP) is 3.51. The van der Waals surface area contributed by atoms with Crippen molar-refractivity contribution < 1.29 is 23.7 Å². The van der Waals surface area contributed by atoms with E-state index in [0.717, 1.165) is 0 Å². The molecule has 1 aromatic rings. The highest BCUT2D eigenvalue weighted by atomic mass is 79.9. The van der Waals surface area contributed by atoms with Gasteiger partial charge in [0.25, 0.3) is 0 Å². The van der Waals surface area contributed by atoms with Gasteiger partial charge in [-0.1, -0.05) is 12.7 Å². The third-order valence-corrected chi connectivity index (χ3v) is 3.44. The van der Waals surface area contributed by atoms with Crippen LogP contribution in [-0.4, -0.2) is 39.5 Å². The van der Waals surface area contributed by atoms with Crippen molar-refractivity contribution >= 4 is 28.0 Å². The largest absolute Gasteiger partial charge is 0.490 e. The minimum atomic E-state index is -0.708. The molecule has 0 unspecified atom stereocenters. The zero-order valence-electron chi connectivity index (χ0n) is 14.2. The van der Waals surface area contributed by atoms with Gasteiger partial charge in [-0.2, -0.15) is 5.26 Å². The molecule has 0 N–H and O–H groups in total. The number of nitriles is 1. The van der Waals surface area contributed by atoms with Gasteiger partial charge < -0.3 is 18.9 Å². The maximum absolute atomic E-state index is 11.9. The van der Waals surface area contributed by atoms with Crippen LogP contribution in [0.1, 0.15) is 12.5 Å². The average molecular weight is 410 g/mol. The molecule has 7 heteroatoms. The molecule has 0 saturated heterocycles. The Bertz CT molecular complexity index is 679. The van der Waals surface area contributed by atoms with Gasteiger partial charge in [-0.3, -0.25) is 0 Å². The first-order valence-electron chi connectivity index (χ1n) is 7.55. The van der Waals surface area contributed by atoms with Crippen molar-refractivity contribution in [2.45, 2.75) is 6.92 Å². The zero-order chi connectivity index (χ0) is 18.7. The summed E-state index contributed by atoms with van der Waals surface area (Å²) in [6.07, 6.45) is 3.06. The smallest absolute Gasteiger partial charge is 0.348 e. The van der Waals surface area contributed by atoms with Gasteiger partial charge in [0.1, 0.15) is 24.9 Å². The van der Waals surface area contributed by atoms with E-state index in [9.17, 15) is 10.1 Å². The fourth-order valence-electron chi connectivity index (χ4n) is 1.82. The highest BCUT2D eigenvalue weighted by Gasteiger charge is 2.14. The Hall–Kier alpha value is -2.30. The topological polar surface area (TPSA) is 77.8 Å². The standard InChI is InChI=1S/C18H20BrNO5/c1-4-6-24-17-15(19)10-13(11-16(17)23-5-2)9-14(12-20)18(21)25-8-7-22-3/h4,9-11H,1,5-8H2,2-3H3/b14-9+. The number of esters is 1. The van der Waals surface area contributed by atoms with Crippen LogP contribution in [0.2, 0.25) is 0 Å². The lowest BCUT2D eigenvalue weighted by molar-refractivity contribution is -0.139. The lowest BCUT2D eigenvalue weighted by atomic mass is 10.1. The van der Waals surface area contributed by atoms with Gasteiger partial charge in [0.15, 0.2) is 11.5 Å².